The van der Waals surface area contributed by atoms with Crippen LogP contribution in [0.3, 0.4) is 0 Å². The van der Waals surface area contributed by atoms with E-state index in [-0.39, 0.29) is 22.5 Å². The van der Waals surface area contributed by atoms with Crippen molar-refractivity contribution < 1.29 is 19.0 Å². The van der Waals surface area contributed by atoms with Crippen LogP contribution in [0.5, 0.6) is 11.5 Å². The molecular formula is C31H39N3O4. The molecule has 2 bridgehead atoms. The van der Waals surface area contributed by atoms with Crippen LogP contribution >= 0.6 is 0 Å². The van der Waals surface area contributed by atoms with E-state index in [0.717, 1.165) is 24.9 Å². The SMILES string of the molecule is COc1ccc([C@H]2C(C#N)=C(N=CN3C[C@]4(C)C[C@H]3CC(C)(C)C4)OC3=C2C(=O)CC(C)(C)C3)cc1OC. The van der Waals surface area contributed by atoms with Crippen molar-refractivity contribution in [2.75, 3.05) is 20.8 Å². The molecule has 0 amide bonds. The number of aliphatic imine (C=N–C) groups is 1. The fourth-order valence-electron chi connectivity index (χ4n) is 7.47. The fraction of sp³-hybridized carbons (Fsp3) is 0.581. The molecule has 1 aromatic rings. The fourth-order valence-corrected chi connectivity index (χ4v) is 7.47. The van der Waals surface area contributed by atoms with Gasteiger partial charge in [0, 0.05) is 31.0 Å². The zero-order chi connectivity index (χ0) is 27.5. The average molecular weight is 518 g/mol. The van der Waals surface area contributed by atoms with E-state index in [1.54, 1.807) is 14.2 Å². The van der Waals surface area contributed by atoms with E-state index in [2.05, 4.69) is 45.6 Å². The van der Waals surface area contributed by atoms with Gasteiger partial charge in [-0.3, -0.25) is 4.79 Å². The van der Waals surface area contributed by atoms with E-state index < -0.39 is 5.92 Å². The van der Waals surface area contributed by atoms with Gasteiger partial charge in [-0.2, -0.15) is 5.26 Å². The lowest BCUT2D eigenvalue weighted by molar-refractivity contribution is -0.119. The van der Waals surface area contributed by atoms with E-state index >= 15 is 0 Å². The van der Waals surface area contributed by atoms with Gasteiger partial charge < -0.3 is 19.1 Å². The van der Waals surface area contributed by atoms with Crippen molar-refractivity contribution in [1.29, 1.82) is 5.26 Å². The molecule has 4 aliphatic rings. The smallest absolute Gasteiger partial charge is 0.235 e. The van der Waals surface area contributed by atoms with E-state index in [1.807, 2.05) is 24.5 Å². The normalized spacial score (nSPS) is 29.7. The number of ether oxygens (including phenoxy) is 3. The molecule has 202 valence electrons. The average Bonchev–Trinajstić information content (AvgIpc) is 3.07. The van der Waals surface area contributed by atoms with Gasteiger partial charge in [0.15, 0.2) is 17.3 Å². The monoisotopic (exact) mass is 517 g/mol. The first-order chi connectivity index (χ1) is 17.9. The van der Waals surface area contributed by atoms with Gasteiger partial charge in [-0.15, -0.1) is 0 Å². The van der Waals surface area contributed by atoms with Gasteiger partial charge in [-0.25, -0.2) is 4.99 Å². The highest BCUT2D eigenvalue weighted by Crippen LogP contribution is 2.53. The molecule has 0 spiro atoms. The summed E-state index contributed by atoms with van der Waals surface area (Å²) in [5.74, 6) is 1.47. The molecule has 7 heteroatoms. The number of nitrogens with zero attached hydrogens (tertiary/aromatic N) is 3. The first-order valence-electron chi connectivity index (χ1n) is 13.5. The third-order valence-corrected chi connectivity index (χ3v) is 8.55. The molecule has 2 heterocycles. The minimum atomic E-state index is -0.575. The summed E-state index contributed by atoms with van der Waals surface area (Å²) in [6, 6.07) is 8.32. The second-order valence-corrected chi connectivity index (χ2v) is 13.4. The molecule has 0 N–H and O–H groups in total. The number of benzene rings is 1. The van der Waals surface area contributed by atoms with Crippen LogP contribution in [0.25, 0.3) is 0 Å². The van der Waals surface area contributed by atoms with Crippen LogP contribution in [0.4, 0.5) is 0 Å². The lowest BCUT2D eigenvalue weighted by atomic mass is 9.65. The van der Waals surface area contributed by atoms with Crippen LogP contribution in [-0.2, 0) is 9.53 Å². The summed E-state index contributed by atoms with van der Waals surface area (Å²) in [5, 5.41) is 10.4. The quantitative estimate of drug-likeness (QED) is 0.345. The Morgan fingerprint density at radius 3 is 2.50 bits per heavy atom. The predicted octanol–water partition coefficient (Wildman–Crippen LogP) is 6.12. The van der Waals surface area contributed by atoms with Crippen molar-refractivity contribution in [3.8, 4) is 17.6 Å². The molecule has 0 unspecified atom stereocenters. The molecule has 1 saturated carbocycles. The minimum absolute atomic E-state index is 0.00955. The van der Waals surface area contributed by atoms with Crippen molar-refractivity contribution in [3.05, 3.63) is 46.6 Å². The topological polar surface area (TPSA) is 84.1 Å². The highest BCUT2D eigenvalue weighted by Gasteiger charge is 2.49. The largest absolute Gasteiger partial charge is 0.493 e. The molecule has 2 aliphatic heterocycles. The van der Waals surface area contributed by atoms with Gasteiger partial charge in [0.2, 0.25) is 5.88 Å². The van der Waals surface area contributed by atoms with Crippen LogP contribution in [0.1, 0.15) is 78.2 Å². The number of carbonyl (C=O) groups excluding carboxylic acids is 1. The highest BCUT2D eigenvalue weighted by atomic mass is 16.5. The summed E-state index contributed by atoms with van der Waals surface area (Å²) in [6.07, 6.45) is 6.34. The van der Waals surface area contributed by atoms with Crippen molar-refractivity contribution in [2.24, 2.45) is 21.2 Å². The predicted molar refractivity (Wildman–Crippen MR) is 146 cm³/mol. The summed E-state index contributed by atoms with van der Waals surface area (Å²) >= 11 is 0. The number of allylic oxidation sites excluding steroid dienone is 3. The van der Waals surface area contributed by atoms with Crippen LogP contribution in [0, 0.1) is 27.6 Å². The summed E-state index contributed by atoms with van der Waals surface area (Å²) in [4.78, 5) is 20.6. The molecule has 3 atom stereocenters. The molecule has 0 radical (unpaired) electrons. The number of ketones is 1. The second kappa shape index (κ2) is 9.18. The summed E-state index contributed by atoms with van der Waals surface area (Å²) in [7, 11) is 3.16. The van der Waals surface area contributed by atoms with Crippen molar-refractivity contribution >= 4 is 12.1 Å². The number of methoxy groups -OCH3 is 2. The van der Waals surface area contributed by atoms with Gasteiger partial charge in [-0.1, -0.05) is 40.7 Å². The van der Waals surface area contributed by atoms with Gasteiger partial charge in [-0.05, 0) is 53.2 Å². The highest BCUT2D eigenvalue weighted by molar-refractivity contribution is 6.00. The summed E-state index contributed by atoms with van der Waals surface area (Å²) < 4.78 is 17.3. The number of rotatable bonds is 5. The Morgan fingerprint density at radius 2 is 1.82 bits per heavy atom. The van der Waals surface area contributed by atoms with Crippen molar-refractivity contribution in [1.82, 2.24) is 4.90 Å². The number of fused-ring (bicyclic) bond motifs is 2. The van der Waals surface area contributed by atoms with Gasteiger partial charge in [0.05, 0.1) is 26.5 Å². The lowest BCUT2D eigenvalue weighted by Gasteiger charge is -2.39. The van der Waals surface area contributed by atoms with Crippen molar-refractivity contribution in [2.45, 2.75) is 78.7 Å². The zero-order valence-electron chi connectivity index (χ0n) is 23.7. The molecule has 2 fully saturated rings. The van der Waals surface area contributed by atoms with Gasteiger partial charge >= 0.3 is 0 Å². The number of hydrogen-bond donors (Lipinski definition) is 0. The Kier molecular flexibility index (Phi) is 6.37. The zero-order valence-corrected chi connectivity index (χ0v) is 23.7. The Balaban J connectivity index is 1.57. The van der Waals surface area contributed by atoms with Crippen LogP contribution < -0.4 is 9.47 Å². The number of nitriles is 1. The number of Topliss-reactive ketones (excluding diaryl/α,β-unsaturated/α-hetero) is 1. The van der Waals surface area contributed by atoms with Crippen molar-refractivity contribution in [3.63, 3.8) is 0 Å². The van der Waals surface area contributed by atoms with E-state index in [0.29, 0.717) is 52.7 Å². The molecule has 1 saturated heterocycles. The third-order valence-electron chi connectivity index (χ3n) is 8.55. The molecule has 5 rings (SSSR count). The Labute approximate surface area is 226 Å². The molecular weight excluding hydrogens is 478 g/mol. The number of hydrogen-bond acceptors (Lipinski definition) is 6. The van der Waals surface area contributed by atoms with Crippen LogP contribution in [0.15, 0.2) is 46.0 Å². The standard InChI is InChI=1S/C31H39N3O4/c1-29(2)13-22(35)27-25(14-29)38-28(33-18-34-17-31(5)12-20(34)11-30(3,4)16-31)21(15-32)26(27)19-8-9-23(36-6)24(10-19)37-7/h8-10,18,20,26H,11-14,16-17H2,1-7H3/t20-,26+,31-/m1/s1. The number of likely N-dealkylation sites (tertiary alicyclic amines) is 1. The maximum absolute atomic E-state index is 13.5. The van der Waals surface area contributed by atoms with E-state index in [9.17, 15) is 10.1 Å². The Bertz CT molecular complexity index is 1300. The van der Waals surface area contributed by atoms with Gasteiger partial charge in [0.1, 0.15) is 17.4 Å². The molecule has 0 aromatic heterocycles. The summed E-state index contributed by atoms with van der Waals surface area (Å²) in [6.45, 7) is 12.2. The third kappa shape index (κ3) is 4.70. The van der Waals surface area contributed by atoms with Crippen LogP contribution in [0.2, 0.25) is 0 Å². The first kappa shape index (κ1) is 26.3. The van der Waals surface area contributed by atoms with Crippen LogP contribution in [-0.4, -0.2) is 43.8 Å². The molecule has 7 nitrogen and oxygen atoms in total. The Hall–Kier alpha value is -3.27. The molecule has 38 heavy (non-hydrogen) atoms. The maximum atomic E-state index is 13.5. The molecule has 2 aliphatic carbocycles. The maximum Gasteiger partial charge on any atom is 0.235 e. The lowest BCUT2D eigenvalue weighted by Crippen LogP contribution is -2.34. The Morgan fingerprint density at radius 1 is 1.08 bits per heavy atom. The molecule has 1 aromatic carbocycles. The first-order valence-corrected chi connectivity index (χ1v) is 13.5. The second-order valence-electron chi connectivity index (χ2n) is 13.4. The summed E-state index contributed by atoms with van der Waals surface area (Å²) in [5.41, 5.74) is 2.00. The number of carbonyl (C=O) groups is 1. The minimum Gasteiger partial charge on any atom is -0.493 e. The van der Waals surface area contributed by atoms with E-state index in [1.165, 1.54) is 6.42 Å². The van der Waals surface area contributed by atoms with E-state index in [4.69, 9.17) is 19.2 Å². The van der Waals surface area contributed by atoms with Gasteiger partial charge in [0.25, 0.3) is 0 Å².